The molecule has 6 nitrogen and oxygen atoms in total. The monoisotopic (exact) mass is 361 g/mol. The normalized spacial score (nSPS) is 16.6. The Hall–Kier alpha value is -2.31. The minimum Gasteiger partial charge on any atom is -0.459 e. The molecule has 132 valence electrons. The van der Waals surface area contributed by atoms with Crippen molar-refractivity contribution in [2.24, 2.45) is 5.92 Å². The molecule has 0 radical (unpaired) electrons. The standard InChI is InChI=1S/C18H20ClN3O3/c19-14-10-13(21-17(23)6-3-12-7-8-20-11-12)4-5-15(14)22-18(24)16-2-1-9-25-16/h1-2,4-5,9-10,12,20H,3,6-8,11H2,(H,21,23)(H,22,24). The Balaban J connectivity index is 1.54. The van der Waals surface area contributed by atoms with Crippen LogP contribution in [0.4, 0.5) is 11.4 Å². The van der Waals surface area contributed by atoms with Gasteiger partial charge in [-0.3, -0.25) is 9.59 Å². The smallest absolute Gasteiger partial charge is 0.291 e. The molecule has 1 aromatic heterocycles. The SMILES string of the molecule is O=C(CCC1CCNC1)Nc1ccc(NC(=O)c2ccco2)c(Cl)c1. The van der Waals surface area contributed by atoms with Crippen LogP contribution in [0.2, 0.25) is 5.02 Å². The van der Waals surface area contributed by atoms with Gasteiger partial charge < -0.3 is 20.4 Å². The number of anilines is 2. The first-order chi connectivity index (χ1) is 12.1. The van der Waals surface area contributed by atoms with Crippen LogP contribution in [-0.4, -0.2) is 24.9 Å². The van der Waals surface area contributed by atoms with Crippen molar-refractivity contribution >= 4 is 34.8 Å². The highest BCUT2D eigenvalue weighted by Crippen LogP contribution is 2.26. The molecule has 1 atom stereocenters. The quantitative estimate of drug-likeness (QED) is 0.735. The molecule has 2 aromatic rings. The summed E-state index contributed by atoms with van der Waals surface area (Å²) in [6, 6.07) is 8.18. The highest BCUT2D eigenvalue weighted by Gasteiger charge is 2.16. The Morgan fingerprint density at radius 3 is 2.84 bits per heavy atom. The van der Waals surface area contributed by atoms with Gasteiger partial charge in [0.25, 0.3) is 5.91 Å². The number of carbonyl (C=O) groups excluding carboxylic acids is 2. The first-order valence-corrected chi connectivity index (χ1v) is 8.64. The second-order valence-corrected chi connectivity index (χ2v) is 6.48. The van der Waals surface area contributed by atoms with Crippen LogP contribution < -0.4 is 16.0 Å². The van der Waals surface area contributed by atoms with E-state index in [1.54, 1.807) is 30.3 Å². The van der Waals surface area contributed by atoms with E-state index >= 15 is 0 Å². The Kier molecular flexibility index (Phi) is 5.73. The molecule has 7 heteroatoms. The van der Waals surface area contributed by atoms with Crippen LogP contribution in [0.1, 0.15) is 29.8 Å². The molecule has 1 saturated heterocycles. The van der Waals surface area contributed by atoms with Crippen LogP contribution in [0.15, 0.2) is 41.0 Å². The summed E-state index contributed by atoms with van der Waals surface area (Å²) in [5, 5.41) is 9.15. The Bertz CT molecular complexity index is 740. The molecule has 0 aliphatic carbocycles. The van der Waals surface area contributed by atoms with E-state index in [-0.39, 0.29) is 17.6 Å². The zero-order valence-electron chi connectivity index (χ0n) is 13.7. The number of halogens is 1. The second-order valence-electron chi connectivity index (χ2n) is 6.07. The van der Waals surface area contributed by atoms with Crippen molar-refractivity contribution in [3.8, 4) is 0 Å². The van der Waals surface area contributed by atoms with E-state index in [9.17, 15) is 9.59 Å². The highest BCUT2D eigenvalue weighted by atomic mass is 35.5. The van der Waals surface area contributed by atoms with Crippen molar-refractivity contribution in [1.82, 2.24) is 5.32 Å². The van der Waals surface area contributed by atoms with E-state index in [1.165, 1.54) is 6.26 Å². The first kappa shape index (κ1) is 17.5. The van der Waals surface area contributed by atoms with Gasteiger partial charge in [-0.1, -0.05) is 11.6 Å². The summed E-state index contributed by atoms with van der Waals surface area (Å²) in [7, 11) is 0. The number of hydrogen-bond donors (Lipinski definition) is 3. The van der Waals surface area contributed by atoms with E-state index < -0.39 is 0 Å². The van der Waals surface area contributed by atoms with Crippen molar-refractivity contribution in [3.05, 3.63) is 47.4 Å². The van der Waals surface area contributed by atoms with Gasteiger partial charge in [-0.25, -0.2) is 0 Å². The highest BCUT2D eigenvalue weighted by molar-refractivity contribution is 6.34. The molecule has 2 amide bonds. The van der Waals surface area contributed by atoms with Crippen LogP contribution in [0.5, 0.6) is 0 Å². The van der Waals surface area contributed by atoms with Crippen LogP contribution >= 0.6 is 11.6 Å². The molecular weight excluding hydrogens is 342 g/mol. The summed E-state index contributed by atoms with van der Waals surface area (Å²) in [6.45, 7) is 2.02. The van der Waals surface area contributed by atoms with Crippen molar-refractivity contribution < 1.29 is 14.0 Å². The fraction of sp³-hybridized carbons (Fsp3) is 0.333. The van der Waals surface area contributed by atoms with Gasteiger partial charge >= 0.3 is 0 Å². The fourth-order valence-corrected chi connectivity index (χ4v) is 3.03. The second kappa shape index (κ2) is 8.18. The largest absolute Gasteiger partial charge is 0.459 e. The summed E-state index contributed by atoms with van der Waals surface area (Å²) in [6.07, 6.45) is 3.92. The maximum Gasteiger partial charge on any atom is 0.291 e. The predicted molar refractivity (Wildman–Crippen MR) is 97.0 cm³/mol. The zero-order valence-corrected chi connectivity index (χ0v) is 14.4. The third-order valence-electron chi connectivity index (χ3n) is 4.19. The summed E-state index contributed by atoms with van der Waals surface area (Å²) < 4.78 is 5.04. The number of furan rings is 1. The predicted octanol–water partition coefficient (Wildman–Crippen LogP) is 3.51. The molecule has 1 fully saturated rings. The molecule has 0 bridgehead atoms. The Morgan fingerprint density at radius 1 is 1.28 bits per heavy atom. The summed E-state index contributed by atoms with van der Waals surface area (Å²) in [5.74, 6) is 0.368. The lowest BCUT2D eigenvalue weighted by molar-refractivity contribution is -0.116. The van der Waals surface area contributed by atoms with Gasteiger partial charge in [0.05, 0.1) is 17.0 Å². The fourth-order valence-electron chi connectivity index (χ4n) is 2.81. The lowest BCUT2D eigenvalue weighted by atomic mass is 10.0. The molecule has 3 rings (SSSR count). The number of nitrogens with one attached hydrogen (secondary N) is 3. The number of amides is 2. The lowest BCUT2D eigenvalue weighted by Crippen LogP contribution is -2.15. The molecule has 0 spiro atoms. The minimum atomic E-state index is -0.381. The van der Waals surface area contributed by atoms with Gasteiger partial charge in [0.1, 0.15) is 0 Å². The van der Waals surface area contributed by atoms with Gasteiger partial charge in [0.2, 0.25) is 5.91 Å². The molecule has 0 saturated carbocycles. The molecule has 2 heterocycles. The van der Waals surface area contributed by atoms with Gasteiger partial charge in [-0.2, -0.15) is 0 Å². The minimum absolute atomic E-state index is 0.0321. The maximum absolute atomic E-state index is 12.0. The zero-order chi connectivity index (χ0) is 17.6. The molecule has 1 aromatic carbocycles. The third kappa shape index (κ3) is 4.84. The summed E-state index contributed by atoms with van der Waals surface area (Å²) in [5.41, 5.74) is 1.06. The van der Waals surface area contributed by atoms with E-state index in [0.717, 1.165) is 25.9 Å². The Labute approximate surface area is 150 Å². The van der Waals surface area contributed by atoms with E-state index in [0.29, 0.717) is 28.7 Å². The molecular formula is C18H20ClN3O3. The van der Waals surface area contributed by atoms with Gasteiger partial charge in [-0.05, 0) is 62.2 Å². The van der Waals surface area contributed by atoms with Crippen LogP contribution in [0.3, 0.4) is 0 Å². The molecule has 1 unspecified atom stereocenters. The molecule has 1 aliphatic rings. The van der Waals surface area contributed by atoms with Gasteiger partial charge in [-0.15, -0.1) is 0 Å². The van der Waals surface area contributed by atoms with Crippen LogP contribution in [0.25, 0.3) is 0 Å². The van der Waals surface area contributed by atoms with Gasteiger partial charge in [0, 0.05) is 12.1 Å². The number of hydrogen-bond acceptors (Lipinski definition) is 4. The number of carbonyl (C=O) groups is 2. The summed E-state index contributed by atoms with van der Waals surface area (Å²) >= 11 is 6.19. The van der Waals surface area contributed by atoms with Crippen LogP contribution in [-0.2, 0) is 4.79 Å². The molecule has 1 aliphatic heterocycles. The Morgan fingerprint density at radius 2 is 2.16 bits per heavy atom. The van der Waals surface area contributed by atoms with E-state index in [2.05, 4.69) is 16.0 Å². The lowest BCUT2D eigenvalue weighted by Gasteiger charge is -2.11. The van der Waals surface area contributed by atoms with E-state index in [4.69, 9.17) is 16.0 Å². The van der Waals surface area contributed by atoms with Crippen molar-refractivity contribution in [2.45, 2.75) is 19.3 Å². The van der Waals surface area contributed by atoms with E-state index in [1.807, 2.05) is 0 Å². The average Bonchev–Trinajstić information content (AvgIpc) is 3.29. The van der Waals surface area contributed by atoms with Gasteiger partial charge in [0.15, 0.2) is 5.76 Å². The first-order valence-electron chi connectivity index (χ1n) is 8.27. The average molecular weight is 362 g/mol. The van der Waals surface area contributed by atoms with Crippen molar-refractivity contribution in [2.75, 3.05) is 23.7 Å². The third-order valence-corrected chi connectivity index (χ3v) is 4.50. The van der Waals surface area contributed by atoms with Crippen molar-refractivity contribution in [1.29, 1.82) is 0 Å². The summed E-state index contributed by atoms with van der Waals surface area (Å²) in [4.78, 5) is 24.0. The number of rotatable bonds is 6. The van der Waals surface area contributed by atoms with Crippen molar-refractivity contribution in [3.63, 3.8) is 0 Å². The molecule has 3 N–H and O–H groups in total. The van der Waals surface area contributed by atoms with Crippen LogP contribution in [0, 0.1) is 5.92 Å². The maximum atomic E-state index is 12.0. The number of benzene rings is 1. The topological polar surface area (TPSA) is 83.4 Å². The molecule has 25 heavy (non-hydrogen) atoms.